The van der Waals surface area contributed by atoms with Gasteiger partial charge in [-0.3, -0.25) is 4.79 Å². The summed E-state index contributed by atoms with van der Waals surface area (Å²) in [4.78, 5) is 17.4. The molecular formula is C23H17BrCl2N4O. The number of nitrogens with one attached hydrogen (secondary N) is 1. The van der Waals surface area contributed by atoms with Gasteiger partial charge in [-0.05, 0) is 61.4 Å². The summed E-state index contributed by atoms with van der Waals surface area (Å²) in [6.07, 6.45) is 0. The van der Waals surface area contributed by atoms with Crippen molar-refractivity contribution >= 4 is 50.7 Å². The minimum absolute atomic E-state index is 0.0336. The summed E-state index contributed by atoms with van der Waals surface area (Å²) in [6.45, 7) is 3.82. The first-order valence-electron chi connectivity index (χ1n) is 9.39. The van der Waals surface area contributed by atoms with Gasteiger partial charge in [-0.15, -0.1) is 5.10 Å². The Morgan fingerprint density at radius 1 is 0.935 bits per heavy atom. The number of carbonyl (C=O) groups is 1. The molecule has 0 saturated heterocycles. The van der Waals surface area contributed by atoms with Crippen LogP contribution in [0.25, 0.3) is 17.1 Å². The van der Waals surface area contributed by atoms with Crippen LogP contribution in [0.15, 0.2) is 65.1 Å². The van der Waals surface area contributed by atoms with E-state index in [0.717, 1.165) is 21.2 Å². The van der Waals surface area contributed by atoms with Gasteiger partial charge >= 0.3 is 0 Å². The van der Waals surface area contributed by atoms with Crippen LogP contribution in [-0.2, 0) is 0 Å². The van der Waals surface area contributed by atoms with E-state index >= 15 is 0 Å². The minimum atomic E-state index is -0.435. The number of amides is 1. The molecule has 0 radical (unpaired) electrons. The van der Waals surface area contributed by atoms with Gasteiger partial charge in [0, 0.05) is 25.8 Å². The number of carbonyl (C=O) groups excluding carboxylic acids is 1. The molecule has 4 rings (SSSR count). The lowest BCUT2D eigenvalue weighted by atomic mass is 10.2. The summed E-state index contributed by atoms with van der Waals surface area (Å²) in [5.74, 6) is 0.126. The highest BCUT2D eigenvalue weighted by atomic mass is 79.9. The van der Waals surface area contributed by atoms with Crippen LogP contribution >= 0.6 is 39.1 Å². The first-order valence-corrected chi connectivity index (χ1v) is 10.9. The van der Waals surface area contributed by atoms with Crippen molar-refractivity contribution in [3.63, 3.8) is 0 Å². The van der Waals surface area contributed by atoms with Gasteiger partial charge in [0.15, 0.2) is 5.82 Å². The van der Waals surface area contributed by atoms with Crippen molar-refractivity contribution < 1.29 is 4.79 Å². The van der Waals surface area contributed by atoms with Gasteiger partial charge in [0.05, 0.1) is 5.69 Å². The highest BCUT2D eigenvalue weighted by Gasteiger charge is 2.19. The third-order valence-corrected chi connectivity index (χ3v) is 6.09. The summed E-state index contributed by atoms with van der Waals surface area (Å²) in [5, 5.41) is 8.46. The second-order valence-electron chi connectivity index (χ2n) is 7.03. The molecule has 0 saturated carbocycles. The molecule has 0 fully saturated rings. The normalized spacial score (nSPS) is 10.9. The van der Waals surface area contributed by atoms with Crippen molar-refractivity contribution in [3.8, 4) is 17.1 Å². The lowest BCUT2D eigenvalue weighted by Crippen LogP contribution is -2.14. The molecular weight excluding hydrogens is 499 g/mol. The zero-order valence-electron chi connectivity index (χ0n) is 16.7. The molecule has 1 heterocycles. The lowest BCUT2D eigenvalue weighted by Gasteiger charge is -2.08. The Morgan fingerprint density at radius 2 is 1.58 bits per heavy atom. The fourth-order valence-electron chi connectivity index (χ4n) is 2.95. The summed E-state index contributed by atoms with van der Waals surface area (Å²) in [5.41, 5.74) is 3.96. The van der Waals surface area contributed by atoms with E-state index in [1.807, 2.05) is 56.3 Å². The molecule has 8 heteroatoms. The van der Waals surface area contributed by atoms with Crippen LogP contribution in [0.5, 0.6) is 0 Å². The summed E-state index contributed by atoms with van der Waals surface area (Å²) in [6, 6.07) is 18.5. The number of aromatic nitrogens is 3. The Balaban J connectivity index is 1.76. The Morgan fingerprint density at radius 3 is 2.23 bits per heavy atom. The van der Waals surface area contributed by atoms with Crippen LogP contribution in [0, 0.1) is 13.8 Å². The molecule has 0 bridgehead atoms. The zero-order valence-corrected chi connectivity index (χ0v) is 19.8. The molecule has 1 amide bonds. The van der Waals surface area contributed by atoms with Crippen molar-refractivity contribution in [2.24, 2.45) is 0 Å². The fourth-order valence-corrected chi connectivity index (χ4v) is 3.56. The smallest absolute Gasteiger partial charge is 0.295 e. The van der Waals surface area contributed by atoms with Crippen molar-refractivity contribution in [1.82, 2.24) is 14.8 Å². The summed E-state index contributed by atoms with van der Waals surface area (Å²) in [7, 11) is 0. The van der Waals surface area contributed by atoms with Crippen LogP contribution in [-0.4, -0.2) is 20.7 Å². The second kappa shape index (κ2) is 8.83. The SMILES string of the molecule is Cc1ccc(NC(=O)c2nc(-c3ccc(Br)cc3)n(-c3ccc(C)c(Cl)c3)n2)cc1Cl. The number of nitrogens with zero attached hydrogens (tertiary/aromatic N) is 3. The lowest BCUT2D eigenvalue weighted by molar-refractivity contribution is 0.101. The highest BCUT2D eigenvalue weighted by molar-refractivity contribution is 9.10. The molecule has 4 aromatic rings. The average Bonchev–Trinajstić information content (AvgIpc) is 3.19. The predicted octanol–water partition coefficient (Wildman–Crippen LogP) is 6.87. The number of halogens is 3. The Hall–Kier alpha value is -2.67. The van der Waals surface area contributed by atoms with Crippen molar-refractivity contribution in [2.45, 2.75) is 13.8 Å². The van der Waals surface area contributed by atoms with E-state index < -0.39 is 5.91 Å². The number of anilines is 1. The number of hydrogen-bond donors (Lipinski definition) is 1. The third-order valence-electron chi connectivity index (χ3n) is 4.74. The Kier molecular flexibility index (Phi) is 6.14. The summed E-state index contributed by atoms with van der Waals surface area (Å²) >= 11 is 15.9. The van der Waals surface area contributed by atoms with Crippen LogP contribution < -0.4 is 5.32 Å². The monoisotopic (exact) mass is 514 g/mol. The van der Waals surface area contributed by atoms with Gasteiger partial charge < -0.3 is 5.32 Å². The van der Waals surface area contributed by atoms with Gasteiger partial charge in [0.25, 0.3) is 5.91 Å². The molecule has 0 atom stereocenters. The molecule has 0 unspecified atom stereocenters. The van der Waals surface area contributed by atoms with Gasteiger partial charge in [-0.2, -0.15) is 0 Å². The van der Waals surface area contributed by atoms with Crippen molar-refractivity contribution in [2.75, 3.05) is 5.32 Å². The van der Waals surface area contributed by atoms with E-state index in [-0.39, 0.29) is 5.82 Å². The summed E-state index contributed by atoms with van der Waals surface area (Å²) < 4.78 is 2.56. The quantitative estimate of drug-likeness (QED) is 0.322. The van der Waals surface area contributed by atoms with Crippen molar-refractivity contribution in [3.05, 3.63) is 92.1 Å². The third kappa shape index (κ3) is 4.66. The standard InChI is InChI=1S/C23H17BrCl2N4O/c1-13-3-9-17(11-19(13)25)27-23(31)21-28-22(15-5-7-16(24)8-6-15)30(29-21)18-10-4-14(2)20(26)12-18/h3-12H,1-2H3,(H,27,31). The molecule has 3 aromatic carbocycles. The van der Waals surface area contributed by atoms with E-state index in [0.29, 0.717) is 27.2 Å². The van der Waals surface area contributed by atoms with Crippen molar-refractivity contribution in [1.29, 1.82) is 0 Å². The fraction of sp³-hybridized carbons (Fsp3) is 0.0870. The number of aryl methyl sites for hydroxylation is 2. The topological polar surface area (TPSA) is 59.8 Å². The van der Waals surface area contributed by atoms with Crippen LogP contribution in [0.3, 0.4) is 0 Å². The van der Waals surface area contributed by atoms with E-state index in [1.54, 1.807) is 22.9 Å². The van der Waals surface area contributed by atoms with Gasteiger partial charge in [0.1, 0.15) is 0 Å². The van der Waals surface area contributed by atoms with Crippen LogP contribution in [0.2, 0.25) is 10.0 Å². The average molecular weight is 516 g/mol. The van der Waals surface area contributed by atoms with E-state index in [9.17, 15) is 4.79 Å². The minimum Gasteiger partial charge on any atom is -0.319 e. The van der Waals surface area contributed by atoms with E-state index in [2.05, 4.69) is 31.3 Å². The molecule has 0 aliphatic carbocycles. The van der Waals surface area contributed by atoms with E-state index in [1.165, 1.54) is 0 Å². The largest absolute Gasteiger partial charge is 0.319 e. The molecule has 31 heavy (non-hydrogen) atoms. The molecule has 0 spiro atoms. The van der Waals surface area contributed by atoms with Gasteiger partial charge in [0.2, 0.25) is 5.82 Å². The van der Waals surface area contributed by atoms with Gasteiger partial charge in [-0.1, -0.05) is 63.4 Å². The first kappa shape index (κ1) is 21.6. The maximum Gasteiger partial charge on any atom is 0.295 e. The molecule has 1 N–H and O–H groups in total. The number of rotatable bonds is 4. The second-order valence-corrected chi connectivity index (χ2v) is 8.76. The maximum absolute atomic E-state index is 12.9. The molecule has 1 aromatic heterocycles. The molecule has 0 aliphatic heterocycles. The molecule has 156 valence electrons. The first-order chi connectivity index (χ1) is 14.8. The van der Waals surface area contributed by atoms with E-state index in [4.69, 9.17) is 23.2 Å². The highest BCUT2D eigenvalue weighted by Crippen LogP contribution is 2.26. The predicted molar refractivity (Wildman–Crippen MR) is 128 cm³/mol. The van der Waals surface area contributed by atoms with Crippen LogP contribution in [0.1, 0.15) is 21.7 Å². The van der Waals surface area contributed by atoms with Crippen LogP contribution in [0.4, 0.5) is 5.69 Å². The molecule has 5 nitrogen and oxygen atoms in total. The Labute approximate surface area is 198 Å². The van der Waals surface area contributed by atoms with Gasteiger partial charge in [-0.25, -0.2) is 9.67 Å². The number of benzene rings is 3. The zero-order chi connectivity index (χ0) is 22.1. The molecule has 0 aliphatic rings. The number of hydrogen-bond acceptors (Lipinski definition) is 3. The maximum atomic E-state index is 12.9. The Bertz CT molecular complexity index is 1290.